The molecule has 0 radical (unpaired) electrons. The summed E-state index contributed by atoms with van der Waals surface area (Å²) in [4.78, 5) is 38.1. The number of anilines is 1. The van der Waals surface area contributed by atoms with E-state index in [4.69, 9.17) is 26.7 Å². The van der Waals surface area contributed by atoms with Crippen LogP contribution in [0.1, 0.15) is 11.1 Å². The predicted octanol–water partition coefficient (Wildman–Crippen LogP) is 1.94. The highest BCUT2D eigenvalue weighted by Gasteiger charge is 2.33. The van der Waals surface area contributed by atoms with E-state index in [2.05, 4.69) is 9.80 Å². The average molecular weight is 552 g/mol. The summed E-state index contributed by atoms with van der Waals surface area (Å²) in [6, 6.07) is 11.0. The Labute approximate surface area is 228 Å². The lowest BCUT2D eigenvalue weighted by Gasteiger charge is -2.35. The van der Waals surface area contributed by atoms with Gasteiger partial charge < -0.3 is 19.5 Å². The molecule has 2 aromatic heterocycles. The van der Waals surface area contributed by atoms with Crippen LogP contribution in [-0.2, 0) is 11.3 Å². The topological polar surface area (TPSA) is 99.9 Å². The van der Waals surface area contributed by atoms with Crippen molar-refractivity contribution in [1.29, 1.82) is 0 Å². The summed E-state index contributed by atoms with van der Waals surface area (Å²) >= 11 is 6.73. The third kappa shape index (κ3) is 4.64. The van der Waals surface area contributed by atoms with E-state index >= 15 is 0 Å². The number of nitrogens with zero attached hydrogens (tertiary/aromatic N) is 5. The van der Waals surface area contributed by atoms with E-state index in [1.54, 1.807) is 24.4 Å². The summed E-state index contributed by atoms with van der Waals surface area (Å²) in [7, 11) is 0. The molecule has 0 saturated carbocycles. The van der Waals surface area contributed by atoms with E-state index in [0.29, 0.717) is 57.4 Å². The monoisotopic (exact) mass is 551 g/mol. The van der Waals surface area contributed by atoms with Gasteiger partial charge in [-0.15, -0.1) is 0 Å². The Hall–Kier alpha value is -3.45. The summed E-state index contributed by atoms with van der Waals surface area (Å²) in [5.41, 5.74) is 1.51. The zero-order valence-corrected chi connectivity index (χ0v) is 22.0. The van der Waals surface area contributed by atoms with Crippen molar-refractivity contribution >= 4 is 51.7 Å². The van der Waals surface area contributed by atoms with Crippen LogP contribution in [0.4, 0.5) is 5.82 Å². The fourth-order valence-corrected chi connectivity index (χ4v) is 6.01. The Bertz CT molecular complexity index is 1520. The van der Waals surface area contributed by atoms with Gasteiger partial charge in [0.05, 0.1) is 23.6 Å². The summed E-state index contributed by atoms with van der Waals surface area (Å²) in [5, 5.41) is 9.28. The number of ether oxygens (including phenoxy) is 2. The summed E-state index contributed by atoms with van der Waals surface area (Å²) in [6.45, 7) is 3.98. The molecule has 3 aliphatic rings. The van der Waals surface area contributed by atoms with Gasteiger partial charge in [0.25, 0.3) is 11.5 Å². The van der Waals surface area contributed by atoms with Crippen molar-refractivity contribution < 1.29 is 19.4 Å². The first-order valence-electron chi connectivity index (χ1n) is 12.3. The lowest BCUT2D eigenvalue weighted by Crippen LogP contribution is -2.48. The van der Waals surface area contributed by atoms with Crippen molar-refractivity contribution in [2.75, 3.05) is 51.0 Å². The Balaban J connectivity index is 1.33. The minimum Gasteiger partial charge on any atom is -0.454 e. The molecule has 2 saturated heterocycles. The van der Waals surface area contributed by atoms with Crippen molar-refractivity contribution in [1.82, 2.24) is 19.2 Å². The van der Waals surface area contributed by atoms with E-state index in [1.807, 2.05) is 24.3 Å². The number of benzene rings is 1. The number of aromatic nitrogens is 2. The second-order valence-electron chi connectivity index (χ2n) is 9.09. The van der Waals surface area contributed by atoms with E-state index in [1.165, 1.54) is 21.1 Å². The predicted molar refractivity (Wildman–Crippen MR) is 148 cm³/mol. The number of piperazine rings is 1. The highest BCUT2D eigenvalue weighted by molar-refractivity contribution is 8.26. The minimum absolute atomic E-state index is 0.106. The minimum atomic E-state index is -0.256. The van der Waals surface area contributed by atoms with Crippen LogP contribution in [0, 0.1) is 0 Å². The fourth-order valence-electron chi connectivity index (χ4n) is 4.77. The Morgan fingerprint density at radius 3 is 2.71 bits per heavy atom. The maximum absolute atomic E-state index is 13.6. The molecular formula is C26H25N5O5S2. The lowest BCUT2D eigenvalue weighted by molar-refractivity contribution is -0.122. The van der Waals surface area contributed by atoms with Gasteiger partial charge in [-0.25, -0.2) is 4.98 Å². The fraction of sp³-hybridized carbons (Fsp3) is 0.308. The molecule has 2 fully saturated rings. The van der Waals surface area contributed by atoms with Crippen LogP contribution in [0.25, 0.3) is 11.7 Å². The normalized spacial score (nSPS) is 18.8. The molecule has 0 spiro atoms. The van der Waals surface area contributed by atoms with Gasteiger partial charge in [-0.1, -0.05) is 36.1 Å². The van der Waals surface area contributed by atoms with Gasteiger partial charge in [0, 0.05) is 38.9 Å². The van der Waals surface area contributed by atoms with Gasteiger partial charge in [0.1, 0.15) is 15.8 Å². The SMILES string of the molecule is O=C1/C(=C\c2c(N3CCN(CCO)CC3)nc3ccccn3c2=O)SC(=S)N1Cc1ccc2c(c1)OCO2. The van der Waals surface area contributed by atoms with E-state index in [9.17, 15) is 14.7 Å². The van der Waals surface area contributed by atoms with Crippen molar-refractivity contribution in [3.05, 3.63) is 69.0 Å². The molecule has 1 N–H and O–H groups in total. The molecule has 0 unspecified atom stereocenters. The number of hydrogen-bond acceptors (Lipinski definition) is 10. The van der Waals surface area contributed by atoms with Crippen LogP contribution >= 0.6 is 24.0 Å². The number of fused-ring (bicyclic) bond motifs is 2. The van der Waals surface area contributed by atoms with Crippen LogP contribution in [-0.4, -0.2) is 80.6 Å². The van der Waals surface area contributed by atoms with Gasteiger partial charge in [0.15, 0.2) is 11.5 Å². The maximum Gasteiger partial charge on any atom is 0.267 e. The van der Waals surface area contributed by atoms with Gasteiger partial charge in [-0.3, -0.25) is 23.8 Å². The molecule has 0 aliphatic carbocycles. The second kappa shape index (κ2) is 10.4. The maximum atomic E-state index is 13.6. The smallest absolute Gasteiger partial charge is 0.267 e. The van der Waals surface area contributed by atoms with Crippen molar-refractivity contribution in [3.8, 4) is 11.5 Å². The number of amides is 1. The van der Waals surface area contributed by atoms with Crippen molar-refractivity contribution in [3.63, 3.8) is 0 Å². The Kier molecular flexibility index (Phi) is 6.78. The number of hydrogen-bond donors (Lipinski definition) is 1. The number of aliphatic hydroxyl groups excluding tert-OH is 1. The molecule has 1 aromatic carbocycles. The van der Waals surface area contributed by atoms with Gasteiger partial charge in [-0.2, -0.15) is 0 Å². The van der Waals surface area contributed by atoms with Gasteiger partial charge in [-0.05, 0) is 35.9 Å². The molecule has 38 heavy (non-hydrogen) atoms. The van der Waals surface area contributed by atoms with Gasteiger partial charge in [0.2, 0.25) is 6.79 Å². The molecule has 12 heteroatoms. The zero-order valence-electron chi connectivity index (χ0n) is 20.4. The van der Waals surface area contributed by atoms with Crippen molar-refractivity contribution in [2.24, 2.45) is 0 Å². The zero-order chi connectivity index (χ0) is 26.2. The molecular weight excluding hydrogens is 526 g/mol. The largest absolute Gasteiger partial charge is 0.454 e. The van der Waals surface area contributed by atoms with Crippen molar-refractivity contribution in [2.45, 2.75) is 6.54 Å². The number of carbonyl (C=O) groups excluding carboxylic acids is 1. The summed E-state index contributed by atoms with van der Waals surface area (Å²) < 4.78 is 12.7. The molecule has 196 valence electrons. The average Bonchev–Trinajstić information content (AvgIpc) is 3.50. The first kappa shape index (κ1) is 24.9. The number of β-amino-alcohol motifs (C(OH)–C–C–N with tert-alkyl or cyclic N) is 1. The van der Waals surface area contributed by atoms with E-state index in [-0.39, 0.29) is 31.4 Å². The number of rotatable bonds is 6. The molecule has 10 nitrogen and oxygen atoms in total. The Morgan fingerprint density at radius 2 is 1.89 bits per heavy atom. The second-order valence-corrected chi connectivity index (χ2v) is 10.8. The first-order chi connectivity index (χ1) is 18.5. The first-order valence-corrected chi connectivity index (χ1v) is 13.5. The van der Waals surface area contributed by atoms with Crippen LogP contribution in [0.3, 0.4) is 0 Å². The number of aliphatic hydroxyl groups is 1. The summed E-state index contributed by atoms with van der Waals surface area (Å²) in [5.74, 6) is 1.61. The van der Waals surface area contributed by atoms with Crippen LogP contribution in [0.5, 0.6) is 11.5 Å². The Morgan fingerprint density at radius 1 is 1.08 bits per heavy atom. The number of carbonyl (C=O) groups is 1. The molecule has 3 aliphatic heterocycles. The van der Waals surface area contributed by atoms with Crippen LogP contribution in [0.15, 0.2) is 52.3 Å². The third-order valence-corrected chi connectivity index (χ3v) is 8.14. The molecule has 3 aromatic rings. The third-order valence-electron chi connectivity index (χ3n) is 6.76. The lowest BCUT2D eigenvalue weighted by atomic mass is 10.2. The highest BCUT2D eigenvalue weighted by Crippen LogP contribution is 2.37. The van der Waals surface area contributed by atoms with E-state index < -0.39 is 0 Å². The van der Waals surface area contributed by atoms with Crippen LogP contribution < -0.4 is 19.9 Å². The molecule has 0 atom stereocenters. The number of thioether (sulfide) groups is 1. The van der Waals surface area contributed by atoms with E-state index in [0.717, 1.165) is 18.7 Å². The molecule has 6 rings (SSSR count). The highest BCUT2D eigenvalue weighted by atomic mass is 32.2. The van der Waals surface area contributed by atoms with Gasteiger partial charge >= 0.3 is 0 Å². The van der Waals surface area contributed by atoms with Crippen LogP contribution in [0.2, 0.25) is 0 Å². The molecule has 0 bridgehead atoms. The quantitative estimate of drug-likeness (QED) is 0.361. The molecule has 1 amide bonds. The molecule has 5 heterocycles. The number of pyridine rings is 1. The number of thiocarbonyl (C=S) groups is 1. The summed E-state index contributed by atoms with van der Waals surface area (Å²) in [6.07, 6.45) is 3.30. The standard InChI is InChI=1S/C26H25N5O5S2/c32-12-11-28-7-9-29(10-8-28)23-18(24(33)30-6-2-1-3-22(30)27-23)14-21-25(34)31(26(37)38-21)15-17-4-5-19-20(13-17)36-16-35-19/h1-6,13-14,32H,7-12,15-16H2/b21-14+.